The Morgan fingerprint density at radius 2 is 2.04 bits per heavy atom. The lowest BCUT2D eigenvalue weighted by atomic mass is 10.0. The standard InChI is InChI=1S/C18H24N2O6/c1-5-19-17(23)20-16(22)11(2)25-14(21)10-24-13-8-6-7-12-9-18(3,4)26-15(12)13/h6-8,11H,5,9-10H2,1-4H3,(H2,19,20,22,23). The third-order valence-electron chi connectivity index (χ3n) is 3.65. The fraction of sp³-hybridized carbons (Fsp3) is 0.500. The van der Waals surface area contributed by atoms with E-state index in [4.69, 9.17) is 14.2 Å². The quantitative estimate of drug-likeness (QED) is 0.743. The molecule has 0 aromatic heterocycles. The molecular weight excluding hydrogens is 340 g/mol. The number of esters is 1. The third kappa shape index (κ3) is 5.11. The van der Waals surface area contributed by atoms with E-state index >= 15 is 0 Å². The lowest BCUT2D eigenvalue weighted by Crippen LogP contribution is -2.44. The molecular formula is C18H24N2O6. The van der Waals surface area contributed by atoms with Crippen molar-refractivity contribution in [2.24, 2.45) is 0 Å². The van der Waals surface area contributed by atoms with Crippen LogP contribution in [0.2, 0.25) is 0 Å². The van der Waals surface area contributed by atoms with E-state index in [2.05, 4.69) is 10.6 Å². The topological polar surface area (TPSA) is 103 Å². The average Bonchev–Trinajstić information content (AvgIpc) is 2.87. The monoisotopic (exact) mass is 364 g/mol. The molecule has 26 heavy (non-hydrogen) atoms. The zero-order valence-corrected chi connectivity index (χ0v) is 15.4. The lowest BCUT2D eigenvalue weighted by molar-refractivity contribution is -0.156. The molecule has 1 aromatic rings. The van der Waals surface area contributed by atoms with Gasteiger partial charge in [-0.05, 0) is 33.8 Å². The first kappa shape index (κ1) is 19.6. The van der Waals surface area contributed by atoms with Crippen molar-refractivity contribution >= 4 is 17.9 Å². The molecule has 0 spiro atoms. The van der Waals surface area contributed by atoms with Gasteiger partial charge in [0.25, 0.3) is 5.91 Å². The van der Waals surface area contributed by atoms with Crippen molar-refractivity contribution < 1.29 is 28.6 Å². The van der Waals surface area contributed by atoms with Crippen LogP contribution in [-0.2, 0) is 20.7 Å². The molecule has 1 aliphatic rings. The minimum absolute atomic E-state index is 0.325. The molecule has 1 heterocycles. The Bertz CT molecular complexity index is 701. The summed E-state index contributed by atoms with van der Waals surface area (Å²) >= 11 is 0. The van der Waals surface area contributed by atoms with Gasteiger partial charge < -0.3 is 19.5 Å². The highest BCUT2D eigenvalue weighted by Crippen LogP contribution is 2.41. The van der Waals surface area contributed by atoms with Crippen molar-refractivity contribution in [1.29, 1.82) is 0 Å². The van der Waals surface area contributed by atoms with Gasteiger partial charge in [-0.25, -0.2) is 9.59 Å². The second-order valence-corrected chi connectivity index (χ2v) is 6.55. The van der Waals surface area contributed by atoms with Crippen molar-refractivity contribution in [3.05, 3.63) is 23.8 Å². The van der Waals surface area contributed by atoms with Crippen LogP contribution in [0.5, 0.6) is 11.5 Å². The molecule has 8 heteroatoms. The Hall–Kier alpha value is -2.77. The SMILES string of the molecule is CCNC(=O)NC(=O)C(C)OC(=O)COc1cccc2c1OC(C)(C)C2. The predicted molar refractivity (Wildman–Crippen MR) is 93.1 cm³/mol. The van der Waals surface area contributed by atoms with Crippen molar-refractivity contribution in [1.82, 2.24) is 10.6 Å². The van der Waals surface area contributed by atoms with E-state index in [0.29, 0.717) is 18.0 Å². The summed E-state index contributed by atoms with van der Waals surface area (Å²) in [6.45, 7) is 7.04. The molecule has 0 bridgehead atoms. The van der Waals surface area contributed by atoms with Gasteiger partial charge in [-0.2, -0.15) is 0 Å². The van der Waals surface area contributed by atoms with Gasteiger partial charge in [-0.15, -0.1) is 0 Å². The van der Waals surface area contributed by atoms with Crippen molar-refractivity contribution in [3.8, 4) is 11.5 Å². The van der Waals surface area contributed by atoms with E-state index in [-0.39, 0.29) is 12.2 Å². The normalized spacial score (nSPS) is 15.2. The molecule has 0 aliphatic carbocycles. The number of rotatable bonds is 6. The number of imide groups is 1. The Morgan fingerprint density at radius 3 is 2.73 bits per heavy atom. The zero-order chi connectivity index (χ0) is 19.3. The Kier molecular flexibility index (Phi) is 6.07. The molecule has 2 N–H and O–H groups in total. The Labute approximate surface area is 152 Å². The van der Waals surface area contributed by atoms with E-state index in [0.717, 1.165) is 12.0 Å². The number of para-hydroxylation sites is 1. The summed E-state index contributed by atoms with van der Waals surface area (Å²) in [6, 6.07) is 4.84. The molecule has 0 saturated carbocycles. The summed E-state index contributed by atoms with van der Waals surface area (Å²) in [5, 5.41) is 4.49. The highest BCUT2D eigenvalue weighted by molar-refractivity contribution is 5.97. The lowest BCUT2D eigenvalue weighted by Gasteiger charge is -2.18. The zero-order valence-electron chi connectivity index (χ0n) is 15.4. The number of urea groups is 1. The maximum absolute atomic E-state index is 11.9. The fourth-order valence-electron chi connectivity index (χ4n) is 2.54. The highest BCUT2D eigenvalue weighted by atomic mass is 16.6. The molecule has 142 valence electrons. The summed E-state index contributed by atoms with van der Waals surface area (Å²) < 4.78 is 16.3. The van der Waals surface area contributed by atoms with E-state index in [1.807, 2.05) is 26.0 Å². The number of ether oxygens (including phenoxy) is 3. The first-order valence-electron chi connectivity index (χ1n) is 8.43. The second kappa shape index (κ2) is 8.07. The van der Waals surface area contributed by atoms with Gasteiger partial charge in [0.2, 0.25) is 0 Å². The number of benzene rings is 1. The minimum atomic E-state index is -1.12. The van der Waals surface area contributed by atoms with Gasteiger partial charge >= 0.3 is 12.0 Å². The molecule has 3 amide bonds. The molecule has 1 atom stereocenters. The van der Waals surface area contributed by atoms with Crippen LogP contribution in [0.15, 0.2) is 18.2 Å². The van der Waals surface area contributed by atoms with E-state index < -0.39 is 24.0 Å². The first-order valence-corrected chi connectivity index (χ1v) is 8.43. The van der Waals surface area contributed by atoms with Crippen LogP contribution in [0, 0.1) is 0 Å². The Morgan fingerprint density at radius 1 is 1.31 bits per heavy atom. The second-order valence-electron chi connectivity index (χ2n) is 6.55. The third-order valence-corrected chi connectivity index (χ3v) is 3.65. The number of hydrogen-bond donors (Lipinski definition) is 2. The largest absolute Gasteiger partial charge is 0.483 e. The predicted octanol–water partition coefficient (Wildman–Crippen LogP) is 1.56. The van der Waals surface area contributed by atoms with Crippen LogP contribution in [0.3, 0.4) is 0 Å². The van der Waals surface area contributed by atoms with Gasteiger partial charge in [-0.3, -0.25) is 10.1 Å². The molecule has 0 fully saturated rings. The van der Waals surface area contributed by atoms with E-state index in [9.17, 15) is 14.4 Å². The number of fused-ring (bicyclic) bond motifs is 1. The maximum atomic E-state index is 11.9. The van der Waals surface area contributed by atoms with E-state index in [1.165, 1.54) is 6.92 Å². The van der Waals surface area contributed by atoms with Gasteiger partial charge in [0.05, 0.1) is 0 Å². The summed E-state index contributed by atoms with van der Waals surface area (Å²) in [7, 11) is 0. The number of nitrogens with one attached hydrogen (secondary N) is 2. The van der Waals surface area contributed by atoms with E-state index in [1.54, 1.807) is 13.0 Å². The molecule has 1 unspecified atom stereocenters. The molecule has 0 radical (unpaired) electrons. The number of carbonyl (C=O) groups is 3. The molecule has 8 nitrogen and oxygen atoms in total. The van der Waals surface area contributed by atoms with Crippen LogP contribution in [0.1, 0.15) is 33.3 Å². The Balaban J connectivity index is 1.86. The van der Waals surface area contributed by atoms with Crippen molar-refractivity contribution in [2.45, 2.75) is 45.8 Å². The fourth-order valence-corrected chi connectivity index (χ4v) is 2.54. The minimum Gasteiger partial charge on any atom is -0.483 e. The van der Waals surface area contributed by atoms with Gasteiger partial charge in [0.15, 0.2) is 24.2 Å². The van der Waals surface area contributed by atoms with Gasteiger partial charge in [-0.1, -0.05) is 12.1 Å². The molecule has 2 rings (SSSR count). The van der Waals surface area contributed by atoms with Crippen LogP contribution < -0.4 is 20.1 Å². The highest BCUT2D eigenvalue weighted by Gasteiger charge is 2.32. The summed E-state index contributed by atoms with van der Waals surface area (Å²) in [5.74, 6) is -0.370. The smallest absolute Gasteiger partial charge is 0.344 e. The van der Waals surface area contributed by atoms with Crippen molar-refractivity contribution in [2.75, 3.05) is 13.2 Å². The van der Waals surface area contributed by atoms with Crippen LogP contribution in [0.25, 0.3) is 0 Å². The van der Waals surface area contributed by atoms with Crippen LogP contribution in [0.4, 0.5) is 4.79 Å². The van der Waals surface area contributed by atoms with Crippen LogP contribution >= 0.6 is 0 Å². The van der Waals surface area contributed by atoms with Gasteiger partial charge in [0, 0.05) is 18.5 Å². The maximum Gasteiger partial charge on any atom is 0.344 e. The first-order chi connectivity index (χ1) is 12.2. The average molecular weight is 364 g/mol. The van der Waals surface area contributed by atoms with Crippen molar-refractivity contribution in [3.63, 3.8) is 0 Å². The number of carbonyl (C=O) groups excluding carboxylic acids is 3. The molecule has 0 saturated heterocycles. The number of hydrogen-bond acceptors (Lipinski definition) is 6. The molecule has 1 aliphatic heterocycles. The summed E-state index contributed by atoms with van der Waals surface area (Å²) in [4.78, 5) is 34.9. The van der Waals surface area contributed by atoms with Gasteiger partial charge in [0.1, 0.15) is 5.60 Å². The summed E-state index contributed by atoms with van der Waals surface area (Å²) in [5.41, 5.74) is 0.684. The summed E-state index contributed by atoms with van der Waals surface area (Å²) in [6.07, 6.45) is -0.369. The molecule has 1 aromatic carbocycles. The van der Waals surface area contributed by atoms with Crippen LogP contribution in [-0.4, -0.2) is 42.8 Å². The number of amides is 3.